The van der Waals surface area contributed by atoms with E-state index in [0.29, 0.717) is 11.1 Å². The average molecular weight is 252 g/mol. The summed E-state index contributed by atoms with van der Waals surface area (Å²) in [5.74, 6) is 0. The number of aromatic nitrogens is 1. The molecule has 0 saturated heterocycles. The quantitative estimate of drug-likeness (QED) is 0.514. The van der Waals surface area contributed by atoms with E-state index in [-0.39, 0.29) is 10.6 Å². The van der Waals surface area contributed by atoms with E-state index in [0.717, 1.165) is 11.1 Å². The van der Waals surface area contributed by atoms with Crippen LogP contribution in [-0.2, 0) is 0 Å². The first kappa shape index (κ1) is 11.5. The van der Waals surface area contributed by atoms with Gasteiger partial charge in [-0.3, -0.25) is 10.1 Å². The van der Waals surface area contributed by atoms with Crippen LogP contribution in [0.4, 0.5) is 5.69 Å². The molecule has 0 aliphatic rings. The molecule has 0 radical (unpaired) electrons. The number of nitro groups is 1. The van der Waals surface area contributed by atoms with Gasteiger partial charge in [-0.25, -0.2) is 0 Å². The highest BCUT2D eigenvalue weighted by molar-refractivity contribution is 5.77. The summed E-state index contributed by atoms with van der Waals surface area (Å²) in [5.41, 5.74) is 3.51. The Bertz CT molecular complexity index is 760. The maximum Gasteiger partial charge on any atom is 0.296 e. The van der Waals surface area contributed by atoms with E-state index in [1.807, 2.05) is 48.8 Å². The monoisotopic (exact) mass is 252 g/mol. The van der Waals surface area contributed by atoms with Crippen molar-refractivity contribution in [3.63, 3.8) is 0 Å². The van der Waals surface area contributed by atoms with E-state index in [2.05, 4.69) is 0 Å². The Morgan fingerprint density at radius 1 is 1.11 bits per heavy atom. The van der Waals surface area contributed by atoms with Crippen LogP contribution >= 0.6 is 0 Å². The van der Waals surface area contributed by atoms with Gasteiger partial charge in [-0.15, -0.1) is 0 Å². The van der Waals surface area contributed by atoms with Crippen molar-refractivity contribution >= 4 is 11.2 Å². The van der Waals surface area contributed by atoms with Gasteiger partial charge in [0.2, 0.25) is 0 Å². The van der Waals surface area contributed by atoms with E-state index in [9.17, 15) is 10.1 Å². The zero-order valence-corrected chi connectivity index (χ0v) is 10.4. The fraction of sp³-hybridized carbons (Fsp3) is 0.0667. The minimum absolute atomic E-state index is 0.171. The fourth-order valence-electron chi connectivity index (χ4n) is 2.29. The molecule has 0 unspecified atom stereocenters. The van der Waals surface area contributed by atoms with Crippen molar-refractivity contribution in [3.8, 4) is 11.1 Å². The number of rotatable bonds is 2. The molecule has 0 spiro atoms. The minimum atomic E-state index is -0.320. The lowest BCUT2D eigenvalue weighted by atomic mass is 10.1. The topological polar surface area (TPSA) is 47.5 Å². The molecule has 1 aromatic carbocycles. The van der Waals surface area contributed by atoms with E-state index in [1.54, 1.807) is 17.4 Å². The van der Waals surface area contributed by atoms with Crippen molar-refractivity contribution in [3.05, 3.63) is 70.5 Å². The molecule has 2 aromatic heterocycles. The van der Waals surface area contributed by atoms with Gasteiger partial charge in [0.25, 0.3) is 5.69 Å². The lowest BCUT2D eigenvalue weighted by Gasteiger charge is -1.99. The highest BCUT2D eigenvalue weighted by Gasteiger charge is 2.17. The zero-order chi connectivity index (χ0) is 13.4. The van der Waals surface area contributed by atoms with E-state index >= 15 is 0 Å². The number of fused-ring (bicyclic) bond motifs is 1. The van der Waals surface area contributed by atoms with Crippen LogP contribution in [0.2, 0.25) is 0 Å². The standard InChI is InChI=1S/C15H12N2O2/c1-11-7-8-16-10-13(12-5-3-2-4-6-12)9-14(16)15(11)17(18)19/h2-10H,1H3. The van der Waals surface area contributed by atoms with E-state index < -0.39 is 0 Å². The van der Waals surface area contributed by atoms with Gasteiger partial charge in [-0.2, -0.15) is 0 Å². The molecule has 3 rings (SSSR count). The average Bonchev–Trinajstić information content (AvgIpc) is 2.83. The Morgan fingerprint density at radius 2 is 1.84 bits per heavy atom. The van der Waals surface area contributed by atoms with Crippen LogP contribution in [0.15, 0.2) is 54.9 Å². The lowest BCUT2D eigenvalue weighted by molar-refractivity contribution is -0.383. The highest BCUT2D eigenvalue weighted by Crippen LogP contribution is 2.29. The Labute approximate surface area is 110 Å². The SMILES string of the molecule is Cc1ccn2cc(-c3ccccc3)cc2c1[N+](=O)[O-]. The summed E-state index contributed by atoms with van der Waals surface area (Å²) in [6.45, 7) is 1.76. The minimum Gasteiger partial charge on any atom is -0.317 e. The number of benzene rings is 1. The van der Waals surface area contributed by atoms with Gasteiger partial charge in [0.15, 0.2) is 0 Å². The summed E-state index contributed by atoms with van der Waals surface area (Å²) in [6, 6.07) is 13.5. The number of nitrogens with zero attached hydrogens (tertiary/aromatic N) is 2. The molecule has 0 fully saturated rings. The molecule has 0 aliphatic heterocycles. The molecular weight excluding hydrogens is 240 g/mol. The first-order valence-electron chi connectivity index (χ1n) is 5.98. The summed E-state index contributed by atoms with van der Waals surface area (Å²) in [6.07, 6.45) is 3.77. The Hall–Kier alpha value is -2.62. The van der Waals surface area contributed by atoms with E-state index in [4.69, 9.17) is 0 Å². The van der Waals surface area contributed by atoms with Gasteiger partial charge >= 0.3 is 0 Å². The molecular formula is C15H12N2O2. The second-order valence-electron chi connectivity index (χ2n) is 4.49. The Morgan fingerprint density at radius 3 is 2.53 bits per heavy atom. The predicted octanol–water partition coefficient (Wildman–Crippen LogP) is 3.82. The molecule has 19 heavy (non-hydrogen) atoms. The molecule has 0 amide bonds. The fourth-order valence-corrected chi connectivity index (χ4v) is 2.29. The molecule has 0 atom stereocenters. The van der Waals surface area contributed by atoms with E-state index in [1.165, 1.54) is 0 Å². The second kappa shape index (κ2) is 4.24. The second-order valence-corrected chi connectivity index (χ2v) is 4.49. The summed E-state index contributed by atoms with van der Waals surface area (Å²) < 4.78 is 1.80. The van der Waals surface area contributed by atoms with Crippen LogP contribution < -0.4 is 0 Å². The predicted molar refractivity (Wildman–Crippen MR) is 74.2 cm³/mol. The van der Waals surface area contributed by atoms with Gasteiger partial charge in [0.05, 0.1) is 4.92 Å². The maximum atomic E-state index is 11.2. The van der Waals surface area contributed by atoms with Crippen LogP contribution in [0.3, 0.4) is 0 Å². The number of hydrogen-bond donors (Lipinski definition) is 0. The third kappa shape index (κ3) is 1.87. The van der Waals surface area contributed by atoms with Crippen molar-refractivity contribution in [1.82, 2.24) is 4.40 Å². The van der Waals surface area contributed by atoms with Crippen molar-refractivity contribution in [1.29, 1.82) is 0 Å². The highest BCUT2D eigenvalue weighted by atomic mass is 16.6. The lowest BCUT2D eigenvalue weighted by Crippen LogP contribution is -1.95. The molecule has 0 aliphatic carbocycles. The van der Waals surface area contributed by atoms with Crippen LogP contribution in [0.1, 0.15) is 5.56 Å². The summed E-state index contributed by atoms with van der Waals surface area (Å²) in [5, 5.41) is 11.2. The largest absolute Gasteiger partial charge is 0.317 e. The molecule has 4 heteroatoms. The first-order valence-corrected chi connectivity index (χ1v) is 5.98. The van der Waals surface area contributed by atoms with Crippen molar-refractivity contribution in [2.24, 2.45) is 0 Å². The van der Waals surface area contributed by atoms with Crippen LogP contribution in [0, 0.1) is 17.0 Å². The van der Waals surface area contributed by atoms with Gasteiger partial charge in [-0.1, -0.05) is 30.3 Å². The van der Waals surface area contributed by atoms with Crippen LogP contribution in [0.25, 0.3) is 16.6 Å². The number of aryl methyl sites for hydroxylation is 1. The normalized spacial score (nSPS) is 10.8. The van der Waals surface area contributed by atoms with Gasteiger partial charge in [0, 0.05) is 23.5 Å². The van der Waals surface area contributed by atoms with Gasteiger partial charge in [0.1, 0.15) is 5.52 Å². The molecule has 4 nitrogen and oxygen atoms in total. The first-order chi connectivity index (χ1) is 9.16. The molecule has 0 saturated carbocycles. The molecule has 2 heterocycles. The van der Waals surface area contributed by atoms with Gasteiger partial charge < -0.3 is 4.40 Å². The smallest absolute Gasteiger partial charge is 0.296 e. The maximum absolute atomic E-state index is 11.2. The summed E-state index contributed by atoms with van der Waals surface area (Å²) >= 11 is 0. The van der Waals surface area contributed by atoms with Crippen LogP contribution in [0.5, 0.6) is 0 Å². The Kier molecular flexibility index (Phi) is 2.56. The molecule has 3 aromatic rings. The van der Waals surface area contributed by atoms with Crippen molar-refractivity contribution < 1.29 is 4.92 Å². The van der Waals surface area contributed by atoms with Crippen molar-refractivity contribution in [2.75, 3.05) is 0 Å². The zero-order valence-electron chi connectivity index (χ0n) is 10.4. The molecule has 0 N–H and O–H groups in total. The summed E-state index contributed by atoms with van der Waals surface area (Å²) in [4.78, 5) is 10.9. The number of pyridine rings is 1. The third-order valence-electron chi connectivity index (χ3n) is 3.24. The van der Waals surface area contributed by atoms with Crippen molar-refractivity contribution in [2.45, 2.75) is 6.92 Å². The molecule has 0 bridgehead atoms. The third-order valence-corrected chi connectivity index (χ3v) is 3.24. The van der Waals surface area contributed by atoms with Crippen LogP contribution in [-0.4, -0.2) is 9.32 Å². The van der Waals surface area contributed by atoms with Gasteiger partial charge in [-0.05, 0) is 24.6 Å². The molecule has 94 valence electrons. The number of hydrogen-bond acceptors (Lipinski definition) is 2. The Balaban J connectivity index is 2.27. The summed E-state index contributed by atoms with van der Waals surface area (Å²) in [7, 11) is 0.